The Kier molecular flexibility index (Phi) is 5.33. The average molecular weight is 416 g/mol. The molecule has 1 N–H and O–H groups in total. The van der Waals surface area contributed by atoms with Crippen LogP contribution in [0.4, 0.5) is 0 Å². The van der Waals surface area contributed by atoms with Crippen LogP contribution in [0.3, 0.4) is 0 Å². The Morgan fingerprint density at radius 1 is 1.03 bits per heavy atom. The first-order valence-corrected chi connectivity index (χ1v) is 11.1. The summed E-state index contributed by atoms with van der Waals surface area (Å²) in [5, 5.41) is 3.36. The molecule has 2 saturated heterocycles. The summed E-state index contributed by atoms with van der Waals surface area (Å²) >= 11 is 0. The number of hydrogen-bond donors (Lipinski definition) is 1. The monoisotopic (exact) mass is 415 g/mol. The fourth-order valence-corrected chi connectivity index (χ4v) is 5.56. The highest BCUT2D eigenvalue weighted by atomic mass is 32.2. The van der Waals surface area contributed by atoms with Gasteiger partial charge < -0.3 is 9.64 Å². The summed E-state index contributed by atoms with van der Waals surface area (Å²) in [7, 11) is -2.03. The van der Waals surface area contributed by atoms with E-state index in [0.717, 1.165) is 5.56 Å². The minimum absolute atomic E-state index is 0.0558. The highest BCUT2D eigenvalue weighted by Gasteiger charge is 2.48. The van der Waals surface area contributed by atoms with Crippen molar-refractivity contribution in [1.29, 1.82) is 0 Å². The molecule has 1 amide bonds. The molecule has 8 heteroatoms. The standard InChI is InChI=1S/C21H25N3O4S/c1-28-18-7-9-19(10-8-18)29(26,27)23-13-11-21(12-14-23)22-15-20(25)24(21)16-17-5-3-2-4-6-17/h2-10,22H,11-16H2,1H3. The van der Waals surface area contributed by atoms with Crippen LogP contribution in [-0.4, -0.2) is 55.9 Å². The van der Waals surface area contributed by atoms with Crippen LogP contribution in [0.25, 0.3) is 0 Å². The second-order valence-electron chi connectivity index (χ2n) is 7.43. The van der Waals surface area contributed by atoms with E-state index in [1.165, 1.54) is 4.31 Å². The first-order valence-electron chi connectivity index (χ1n) is 9.68. The van der Waals surface area contributed by atoms with Crippen LogP contribution in [0.2, 0.25) is 0 Å². The highest BCUT2D eigenvalue weighted by Crippen LogP contribution is 2.33. The van der Waals surface area contributed by atoms with Crippen molar-refractivity contribution in [2.24, 2.45) is 0 Å². The molecule has 0 unspecified atom stereocenters. The third-order valence-corrected chi connectivity index (χ3v) is 7.73. The average Bonchev–Trinajstić information content (AvgIpc) is 3.04. The molecule has 29 heavy (non-hydrogen) atoms. The Balaban J connectivity index is 1.49. The number of carbonyl (C=O) groups excluding carboxylic acids is 1. The molecule has 0 aliphatic carbocycles. The second-order valence-corrected chi connectivity index (χ2v) is 9.37. The normalized spacial score (nSPS) is 19.6. The Bertz CT molecular complexity index is 969. The molecule has 2 aliphatic rings. The molecule has 1 spiro atoms. The molecule has 4 rings (SSSR count). The van der Waals surface area contributed by atoms with Crippen molar-refractivity contribution < 1.29 is 17.9 Å². The lowest BCUT2D eigenvalue weighted by atomic mass is 9.96. The number of carbonyl (C=O) groups is 1. The van der Waals surface area contributed by atoms with Gasteiger partial charge in [-0.1, -0.05) is 30.3 Å². The maximum atomic E-state index is 13.0. The Morgan fingerprint density at radius 3 is 2.31 bits per heavy atom. The minimum atomic E-state index is -3.58. The fourth-order valence-electron chi connectivity index (χ4n) is 4.12. The van der Waals surface area contributed by atoms with Crippen LogP contribution in [0.1, 0.15) is 18.4 Å². The van der Waals surface area contributed by atoms with Gasteiger partial charge in [-0.3, -0.25) is 10.1 Å². The summed E-state index contributed by atoms with van der Waals surface area (Å²) in [4.78, 5) is 14.7. The van der Waals surface area contributed by atoms with Gasteiger partial charge in [-0.2, -0.15) is 4.31 Å². The van der Waals surface area contributed by atoms with Crippen LogP contribution < -0.4 is 10.1 Å². The summed E-state index contributed by atoms with van der Waals surface area (Å²) in [6, 6.07) is 16.3. The zero-order valence-corrected chi connectivity index (χ0v) is 17.2. The SMILES string of the molecule is COc1ccc(S(=O)(=O)N2CCC3(CC2)NCC(=O)N3Cc2ccccc2)cc1. The summed E-state index contributed by atoms with van der Waals surface area (Å²) in [5.41, 5.74) is 0.580. The van der Waals surface area contributed by atoms with E-state index < -0.39 is 15.7 Å². The Morgan fingerprint density at radius 2 is 1.69 bits per heavy atom. The van der Waals surface area contributed by atoms with Gasteiger partial charge in [0.15, 0.2) is 0 Å². The molecule has 0 saturated carbocycles. The Labute approximate surface area is 171 Å². The number of hydrogen-bond acceptors (Lipinski definition) is 5. The molecule has 0 bridgehead atoms. The van der Waals surface area contributed by atoms with E-state index in [-0.39, 0.29) is 17.3 Å². The first-order chi connectivity index (χ1) is 13.9. The van der Waals surface area contributed by atoms with Gasteiger partial charge >= 0.3 is 0 Å². The van der Waals surface area contributed by atoms with Crippen LogP contribution in [-0.2, 0) is 21.4 Å². The van der Waals surface area contributed by atoms with Gasteiger partial charge in [0.2, 0.25) is 15.9 Å². The third-order valence-electron chi connectivity index (χ3n) is 5.82. The van der Waals surface area contributed by atoms with Gasteiger partial charge in [-0.25, -0.2) is 8.42 Å². The molecule has 2 heterocycles. The van der Waals surface area contributed by atoms with E-state index >= 15 is 0 Å². The predicted octanol–water partition coefficient (Wildman–Crippen LogP) is 1.81. The zero-order valence-electron chi connectivity index (χ0n) is 16.4. The van der Waals surface area contributed by atoms with Crippen molar-refractivity contribution in [3.63, 3.8) is 0 Å². The van der Waals surface area contributed by atoms with Crippen LogP contribution in [0.15, 0.2) is 59.5 Å². The lowest BCUT2D eigenvalue weighted by Crippen LogP contribution is -2.58. The zero-order chi connectivity index (χ0) is 20.5. The minimum Gasteiger partial charge on any atom is -0.497 e. The lowest BCUT2D eigenvalue weighted by Gasteiger charge is -2.44. The van der Waals surface area contributed by atoms with Gasteiger partial charge in [0.25, 0.3) is 0 Å². The van der Waals surface area contributed by atoms with Crippen molar-refractivity contribution in [2.75, 3.05) is 26.7 Å². The summed E-state index contributed by atoms with van der Waals surface area (Å²) in [6.07, 6.45) is 1.11. The number of benzene rings is 2. The maximum Gasteiger partial charge on any atom is 0.243 e. The third kappa shape index (κ3) is 3.75. The van der Waals surface area contributed by atoms with E-state index in [0.29, 0.717) is 38.2 Å². The smallest absolute Gasteiger partial charge is 0.243 e. The number of nitrogens with one attached hydrogen (secondary N) is 1. The first kappa shape index (κ1) is 19.9. The molecule has 0 aromatic heterocycles. The van der Waals surface area contributed by atoms with Crippen molar-refractivity contribution in [2.45, 2.75) is 29.9 Å². The van der Waals surface area contributed by atoms with Gasteiger partial charge in [0, 0.05) is 19.6 Å². The quantitative estimate of drug-likeness (QED) is 0.806. The van der Waals surface area contributed by atoms with Gasteiger partial charge in [0.05, 0.1) is 24.2 Å². The van der Waals surface area contributed by atoms with Crippen LogP contribution in [0.5, 0.6) is 5.75 Å². The van der Waals surface area contributed by atoms with Crippen LogP contribution in [0, 0.1) is 0 Å². The fraction of sp³-hybridized carbons (Fsp3) is 0.381. The summed E-state index contributed by atoms with van der Waals surface area (Å²) in [5.74, 6) is 0.673. The van der Waals surface area contributed by atoms with E-state index in [1.54, 1.807) is 31.4 Å². The number of ether oxygens (including phenoxy) is 1. The number of rotatable bonds is 5. The Hall–Kier alpha value is -2.42. The maximum absolute atomic E-state index is 13.0. The molecule has 2 aromatic carbocycles. The number of sulfonamides is 1. The molecule has 7 nitrogen and oxygen atoms in total. The van der Waals surface area contributed by atoms with Gasteiger partial charge in [0.1, 0.15) is 5.75 Å². The largest absolute Gasteiger partial charge is 0.497 e. The summed E-state index contributed by atoms with van der Waals surface area (Å²) in [6.45, 7) is 1.54. The molecular weight excluding hydrogens is 390 g/mol. The molecule has 154 valence electrons. The number of amides is 1. The van der Waals surface area contributed by atoms with Crippen molar-refractivity contribution in [3.05, 3.63) is 60.2 Å². The van der Waals surface area contributed by atoms with Crippen molar-refractivity contribution >= 4 is 15.9 Å². The molecule has 0 atom stereocenters. The number of nitrogens with zero attached hydrogens (tertiary/aromatic N) is 2. The van der Waals surface area contributed by atoms with E-state index in [2.05, 4.69) is 5.32 Å². The van der Waals surface area contributed by atoms with Crippen LogP contribution >= 0.6 is 0 Å². The van der Waals surface area contributed by atoms with E-state index in [1.807, 2.05) is 35.2 Å². The lowest BCUT2D eigenvalue weighted by molar-refractivity contribution is -0.132. The molecule has 2 fully saturated rings. The second kappa shape index (κ2) is 7.78. The molecule has 2 aromatic rings. The van der Waals surface area contributed by atoms with Gasteiger partial charge in [-0.15, -0.1) is 0 Å². The molecular formula is C21H25N3O4S. The number of piperidine rings is 1. The van der Waals surface area contributed by atoms with Crippen molar-refractivity contribution in [3.8, 4) is 5.75 Å². The molecule has 2 aliphatic heterocycles. The summed E-state index contributed by atoms with van der Waals surface area (Å²) < 4.78 is 32.6. The van der Waals surface area contributed by atoms with Gasteiger partial charge in [-0.05, 0) is 42.7 Å². The van der Waals surface area contributed by atoms with E-state index in [4.69, 9.17) is 4.74 Å². The molecule has 0 radical (unpaired) electrons. The van der Waals surface area contributed by atoms with E-state index in [9.17, 15) is 13.2 Å². The number of methoxy groups -OCH3 is 1. The van der Waals surface area contributed by atoms with Crippen molar-refractivity contribution in [1.82, 2.24) is 14.5 Å². The predicted molar refractivity (Wildman–Crippen MR) is 109 cm³/mol. The topological polar surface area (TPSA) is 79.0 Å². The highest BCUT2D eigenvalue weighted by molar-refractivity contribution is 7.89.